The van der Waals surface area contributed by atoms with Crippen molar-refractivity contribution in [2.75, 3.05) is 23.3 Å². The predicted octanol–water partition coefficient (Wildman–Crippen LogP) is 5.96. The highest BCUT2D eigenvalue weighted by Crippen LogP contribution is 2.35. The molecule has 3 rings (SSSR count). The first kappa shape index (κ1) is 17.8. The lowest BCUT2D eigenvalue weighted by Gasteiger charge is -2.22. The van der Waals surface area contributed by atoms with Gasteiger partial charge in [-0.05, 0) is 50.6 Å². The number of fused-ring (bicyclic) bond motifs is 1. The molecule has 0 aliphatic carbocycles. The number of nitrogens with zero attached hydrogens (tertiary/aromatic N) is 1. The minimum absolute atomic E-state index is 0.162. The zero-order valence-corrected chi connectivity index (χ0v) is 16.2. The molecule has 3 nitrogen and oxygen atoms in total. The van der Waals surface area contributed by atoms with E-state index in [2.05, 4.69) is 30.1 Å². The fraction of sp³-hybridized carbons (Fsp3) is 0.250. The fourth-order valence-electron chi connectivity index (χ4n) is 2.91. The van der Waals surface area contributed by atoms with Gasteiger partial charge in [-0.1, -0.05) is 29.8 Å². The van der Waals surface area contributed by atoms with E-state index < -0.39 is 0 Å². The normalized spacial score (nSPS) is 10.9. The summed E-state index contributed by atoms with van der Waals surface area (Å²) in [5.74, 6) is -0.162. The standard InChI is InChI=1S/C20H21ClN2OS/c1-4-23(5-2)14-10-11-16(13(3)12-14)22-20(24)19-18(21)15-8-6-7-9-17(15)25-19/h6-12H,4-5H2,1-3H3,(H,22,24). The molecule has 0 aliphatic rings. The minimum Gasteiger partial charge on any atom is -0.372 e. The first-order chi connectivity index (χ1) is 12.0. The summed E-state index contributed by atoms with van der Waals surface area (Å²) >= 11 is 7.83. The molecule has 1 N–H and O–H groups in total. The lowest BCUT2D eigenvalue weighted by molar-refractivity contribution is 0.103. The average molecular weight is 373 g/mol. The van der Waals surface area contributed by atoms with Gasteiger partial charge in [-0.3, -0.25) is 4.79 Å². The molecule has 0 fully saturated rings. The second kappa shape index (κ2) is 7.46. The van der Waals surface area contributed by atoms with E-state index in [-0.39, 0.29) is 5.91 Å². The van der Waals surface area contributed by atoms with Crippen LogP contribution in [0.1, 0.15) is 29.1 Å². The number of hydrogen-bond acceptors (Lipinski definition) is 3. The Morgan fingerprint density at radius 1 is 1.16 bits per heavy atom. The van der Waals surface area contributed by atoms with Crippen molar-refractivity contribution in [1.29, 1.82) is 0 Å². The Hall–Kier alpha value is -2.04. The summed E-state index contributed by atoms with van der Waals surface area (Å²) in [7, 11) is 0. The van der Waals surface area contributed by atoms with E-state index in [0.29, 0.717) is 9.90 Å². The summed E-state index contributed by atoms with van der Waals surface area (Å²) in [5, 5.41) is 4.45. The second-order valence-corrected chi connectivity index (χ2v) is 7.30. The van der Waals surface area contributed by atoms with Gasteiger partial charge < -0.3 is 10.2 Å². The number of thiophene rings is 1. The van der Waals surface area contributed by atoms with Crippen LogP contribution in [0.2, 0.25) is 5.02 Å². The highest BCUT2D eigenvalue weighted by Gasteiger charge is 2.17. The Kier molecular flexibility index (Phi) is 5.30. The number of carbonyl (C=O) groups excluding carboxylic acids is 1. The highest BCUT2D eigenvalue weighted by molar-refractivity contribution is 7.21. The van der Waals surface area contributed by atoms with E-state index in [0.717, 1.165) is 34.4 Å². The van der Waals surface area contributed by atoms with Gasteiger partial charge in [0, 0.05) is 34.6 Å². The van der Waals surface area contributed by atoms with Crippen molar-refractivity contribution in [2.24, 2.45) is 0 Å². The highest BCUT2D eigenvalue weighted by atomic mass is 35.5. The van der Waals surface area contributed by atoms with Gasteiger partial charge in [0.1, 0.15) is 4.88 Å². The van der Waals surface area contributed by atoms with E-state index in [1.54, 1.807) is 0 Å². The van der Waals surface area contributed by atoms with Gasteiger partial charge in [-0.2, -0.15) is 0 Å². The van der Waals surface area contributed by atoms with Crippen LogP contribution in [-0.4, -0.2) is 19.0 Å². The van der Waals surface area contributed by atoms with E-state index in [4.69, 9.17) is 11.6 Å². The van der Waals surface area contributed by atoms with E-state index in [1.165, 1.54) is 17.0 Å². The molecule has 0 radical (unpaired) electrons. The monoisotopic (exact) mass is 372 g/mol. The van der Waals surface area contributed by atoms with Crippen LogP contribution in [0.3, 0.4) is 0 Å². The number of rotatable bonds is 5. The van der Waals surface area contributed by atoms with Crippen LogP contribution in [0.5, 0.6) is 0 Å². The summed E-state index contributed by atoms with van der Waals surface area (Å²) in [5.41, 5.74) is 3.02. The van der Waals surface area contributed by atoms with Gasteiger partial charge in [0.25, 0.3) is 5.91 Å². The fourth-order valence-corrected chi connectivity index (χ4v) is 4.32. The van der Waals surface area contributed by atoms with Gasteiger partial charge in [0.15, 0.2) is 0 Å². The smallest absolute Gasteiger partial charge is 0.267 e. The number of halogens is 1. The second-order valence-electron chi connectivity index (χ2n) is 5.87. The molecule has 2 aromatic carbocycles. The minimum atomic E-state index is -0.162. The van der Waals surface area contributed by atoms with Gasteiger partial charge in [-0.15, -0.1) is 11.3 Å². The van der Waals surface area contributed by atoms with Crippen molar-refractivity contribution in [3.8, 4) is 0 Å². The number of benzene rings is 2. The van der Waals surface area contributed by atoms with Gasteiger partial charge >= 0.3 is 0 Å². The number of carbonyl (C=O) groups is 1. The number of amides is 1. The molecule has 1 amide bonds. The summed E-state index contributed by atoms with van der Waals surface area (Å²) in [6, 6.07) is 13.9. The molecule has 0 spiro atoms. The molecular weight excluding hydrogens is 352 g/mol. The number of hydrogen-bond donors (Lipinski definition) is 1. The zero-order chi connectivity index (χ0) is 18.0. The van der Waals surface area contributed by atoms with Crippen molar-refractivity contribution in [1.82, 2.24) is 0 Å². The SMILES string of the molecule is CCN(CC)c1ccc(NC(=O)c2sc3ccccc3c2Cl)c(C)c1. The van der Waals surface area contributed by atoms with E-state index in [1.807, 2.05) is 43.3 Å². The summed E-state index contributed by atoms with van der Waals surface area (Å²) in [6.07, 6.45) is 0. The first-order valence-electron chi connectivity index (χ1n) is 8.39. The third kappa shape index (κ3) is 3.51. The van der Waals surface area contributed by atoms with Gasteiger partial charge in [-0.25, -0.2) is 0 Å². The van der Waals surface area contributed by atoms with Gasteiger partial charge in [0.05, 0.1) is 5.02 Å². The van der Waals surface area contributed by atoms with Gasteiger partial charge in [0.2, 0.25) is 0 Å². The molecule has 5 heteroatoms. The van der Waals surface area contributed by atoms with Crippen molar-refractivity contribution in [2.45, 2.75) is 20.8 Å². The molecule has 1 heterocycles. The Bertz CT molecular complexity index is 915. The summed E-state index contributed by atoms with van der Waals surface area (Å²) < 4.78 is 1.02. The lowest BCUT2D eigenvalue weighted by Crippen LogP contribution is -2.22. The van der Waals surface area contributed by atoms with Crippen LogP contribution in [0.4, 0.5) is 11.4 Å². The number of nitrogens with one attached hydrogen (secondary N) is 1. The van der Waals surface area contributed by atoms with E-state index in [9.17, 15) is 4.79 Å². The zero-order valence-electron chi connectivity index (χ0n) is 14.6. The maximum atomic E-state index is 12.7. The predicted molar refractivity (Wildman–Crippen MR) is 110 cm³/mol. The molecule has 1 aromatic heterocycles. The largest absolute Gasteiger partial charge is 0.372 e. The topological polar surface area (TPSA) is 32.3 Å². The van der Waals surface area contributed by atoms with Crippen LogP contribution in [0, 0.1) is 6.92 Å². The molecule has 0 saturated carbocycles. The molecular formula is C20H21ClN2OS. The van der Waals surface area contributed by atoms with Crippen molar-refractivity contribution in [3.63, 3.8) is 0 Å². The molecule has 0 aliphatic heterocycles. The number of aryl methyl sites for hydroxylation is 1. The third-order valence-electron chi connectivity index (χ3n) is 4.33. The van der Waals surface area contributed by atoms with Crippen molar-refractivity contribution >= 4 is 50.3 Å². The molecule has 25 heavy (non-hydrogen) atoms. The van der Waals surface area contributed by atoms with E-state index >= 15 is 0 Å². The first-order valence-corrected chi connectivity index (χ1v) is 9.58. The summed E-state index contributed by atoms with van der Waals surface area (Å²) in [6.45, 7) is 8.20. The summed E-state index contributed by atoms with van der Waals surface area (Å²) in [4.78, 5) is 15.5. The van der Waals surface area contributed by atoms with Crippen LogP contribution in [0.25, 0.3) is 10.1 Å². The molecule has 130 valence electrons. The van der Waals surface area contributed by atoms with Crippen LogP contribution in [0.15, 0.2) is 42.5 Å². The van der Waals surface area contributed by atoms with Crippen molar-refractivity contribution < 1.29 is 4.79 Å². The average Bonchev–Trinajstić information content (AvgIpc) is 2.95. The maximum Gasteiger partial charge on any atom is 0.267 e. The molecule has 0 unspecified atom stereocenters. The van der Waals surface area contributed by atoms with Crippen LogP contribution >= 0.6 is 22.9 Å². The Morgan fingerprint density at radius 2 is 1.88 bits per heavy atom. The van der Waals surface area contributed by atoms with Crippen molar-refractivity contribution in [3.05, 3.63) is 57.9 Å². The number of anilines is 2. The van der Waals surface area contributed by atoms with Crippen LogP contribution < -0.4 is 10.2 Å². The molecule has 0 atom stereocenters. The van der Waals surface area contributed by atoms with Crippen LogP contribution in [-0.2, 0) is 0 Å². The Labute approximate surface area is 157 Å². The Balaban J connectivity index is 1.86. The quantitative estimate of drug-likeness (QED) is 0.599. The third-order valence-corrected chi connectivity index (χ3v) is 6.00. The Morgan fingerprint density at radius 3 is 2.52 bits per heavy atom. The molecule has 0 saturated heterocycles. The maximum absolute atomic E-state index is 12.7. The molecule has 0 bridgehead atoms. The lowest BCUT2D eigenvalue weighted by atomic mass is 10.1. The molecule has 3 aromatic rings.